The lowest BCUT2D eigenvalue weighted by Crippen LogP contribution is -2.33. The van der Waals surface area contributed by atoms with E-state index in [4.69, 9.17) is 10.6 Å². The van der Waals surface area contributed by atoms with Gasteiger partial charge in [-0.3, -0.25) is 11.3 Å². The molecule has 1 aromatic rings. The van der Waals surface area contributed by atoms with Gasteiger partial charge >= 0.3 is 0 Å². The molecule has 0 saturated carbocycles. The summed E-state index contributed by atoms with van der Waals surface area (Å²) >= 11 is 0. The molecule has 1 aliphatic heterocycles. The molecular weight excluding hydrogens is 231 g/mol. The lowest BCUT2D eigenvalue weighted by Gasteiger charge is -2.27. The summed E-state index contributed by atoms with van der Waals surface area (Å²) in [6.45, 7) is 2.74. The molecule has 2 rings (SSSR count). The molecule has 0 aromatic heterocycles. The van der Waals surface area contributed by atoms with E-state index in [9.17, 15) is 4.39 Å². The minimum Gasteiger partial charge on any atom is -0.378 e. The van der Waals surface area contributed by atoms with Crippen molar-refractivity contribution in [2.75, 3.05) is 6.61 Å². The van der Waals surface area contributed by atoms with Gasteiger partial charge in [-0.25, -0.2) is 4.39 Å². The van der Waals surface area contributed by atoms with Crippen molar-refractivity contribution in [3.8, 4) is 0 Å². The SMILES string of the molecule is Cc1cc(F)ccc1C(CC1CCCCO1)NN. The highest BCUT2D eigenvalue weighted by Gasteiger charge is 2.21. The van der Waals surface area contributed by atoms with E-state index in [0.717, 1.165) is 37.0 Å². The van der Waals surface area contributed by atoms with Gasteiger partial charge in [0, 0.05) is 12.6 Å². The van der Waals surface area contributed by atoms with Gasteiger partial charge in [-0.05, 0) is 55.9 Å². The largest absolute Gasteiger partial charge is 0.378 e. The standard InChI is InChI=1S/C14H21FN2O/c1-10-8-11(15)5-6-13(10)14(17-16)9-12-4-2-3-7-18-12/h5-6,8,12,14,17H,2-4,7,9,16H2,1H3. The molecule has 0 radical (unpaired) electrons. The monoisotopic (exact) mass is 252 g/mol. The van der Waals surface area contributed by atoms with Gasteiger partial charge in [0.2, 0.25) is 0 Å². The second-order valence-electron chi connectivity index (χ2n) is 4.94. The van der Waals surface area contributed by atoms with Crippen LogP contribution in [0.3, 0.4) is 0 Å². The molecule has 3 nitrogen and oxygen atoms in total. The summed E-state index contributed by atoms with van der Waals surface area (Å²) in [6.07, 6.45) is 4.53. The van der Waals surface area contributed by atoms with Crippen molar-refractivity contribution in [2.24, 2.45) is 5.84 Å². The molecular formula is C14H21FN2O. The number of hydrazine groups is 1. The van der Waals surface area contributed by atoms with Gasteiger partial charge in [-0.2, -0.15) is 0 Å². The van der Waals surface area contributed by atoms with E-state index >= 15 is 0 Å². The van der Waals surface area contributed by atoms with Gasteiger partial charge in [-0.1, -0.05) is 6.07 Å². The molecule has 1 aromatic carbocycles. The highest BCUT2D eigenvalue weighted by Crippen LogP contribution is 2.26. The molecule has 0 amide bonds. The van der Waals surface area contributed by atoms with Crippen LogP contribution in [-0.4, -0.2) is 12.7 Å². The molecule has 100 valence electrons. The number of benzene rings is 1. The molecule has 2 atom stereocenters. The Morgan fingerprint density at radius 1 is 1.50 bits per heavy atom. The Kier molecular flexibility index (Phi) is 4.69. The first-order valence-electron chi connectivity index (χ1n) is 6.54. The number of rotatable bonds is 4. The minimum absolute atomic E-state index is 0.0219. The molecule has 2 unspecified atom stereocenters. The Bertz CT molecular complexity index is 391. The van der Waals surface area contributed by atoms with Crippen molar-refractivity contribution in [3.05, 3.63) is 35.1 Å². The third kappa shape index (κ3) is 3.28. The normalized spacial score (nSPS) is 21.8. The van der Waals surface area contributed by atoms with E-state index in [1.54, 1.807) is 12.1 Å². The molecule has 4 heteroatoms. The molecule has 1 aliphatic rings. The number of hydrogen-bond acceptors (Lipinski definition) is 3. The predicted octanol–water partition coefficient (Wildman–Crippen LogP) is 2.60. The first-order chi connectivity index (χ1) is 8.70. The van der Waals surface area contributed by atoms with Crippen molar-refractivity contribution >= 4 is 0 Å². The summed E-state index contributed by atoms with van der Waals surface area (Å²) in [4.78, 5) is 0. The lowest BCUT2D eigenvalue weighted by molar-refractivity contribution is 0.00499. The quantitative estimate of drug-likeness (QED) is 0.639. The number of aryl methyl sites for hydroxylation is 1. The molecule has 0 bridgehead atoms. The second-order valence-corrected chi connectivity index (χ2v) is 4.94. The van der Waals surface area contributed by atoms with Crippen LogP contribution >= 0.6 is 0 Å². The van der Waals surface area contributed by atoms with Crippen LogP contribution in [0.25, 0.3) is 0 Å². The first-order valence-corrected chi connectivity index (χ1v) is 6.54. The van der Waals surface area contributed by atoms with Crippen LogP contribution in [0.5, 0.6) is 0 Å². The van der Waals surface area contributed by atoms with Gasteiger partial charge in [-0.15, -0.1) is 0 Å². The van der Waals surface area contributed by atoms with E-state index in [1.165, 1.54) is 12.5 Å². The summed E-state index contributed by atoms with van der Waals surface area (Å²) in [6, 6.07) is 4.85. The van der Waals surface area contributed by atoms with E-state index < -0.39 is 0 Å². The molecule has 3 N–H and O–H groups in total. The Balaban J connectivity index is 2.07. The zero-order chi connectivity index (χ0) is 13.0. The predicted molar refractivity (Wildman–Crippen MR) is 69.4 cm³/mol. The van der Waals surface area contributed by atoms with Crippen LogP contribution in [0, 0.1) is 12.7 Å². The van der Waals surface area contributed by atoms with Gasteiger partial charge in [0.25, 0.3) is 0 Å². The number of nitrogens with two attached hydrogens (primary N) is 1. The molecule has 1 heterocycles. The number of hydrogen-bond donors (Lipinski definition) is 2. The van der Waals surface area contributed by atoms with Crippen LogP contribution in [0.4, 0.5) is 4.39 Å². The topological polar surface area (TPSA) is 47.3 Å². The van der Waals surface area contributed by atoms with Crippen molar-refractivity contribution in [2.45, 2.75) is 44.8 Å². The molecule has 1 saturated heterocycles. The zero-order valence-electron chi connectivity index (χ0n) is 10.8. The Labute approximate surface area is 107 Å². The van der Waals surface area contributed by atoms with Crippen LogP contribution in [0.15, 0.2) is 18.2 Å². The van der Waals surface area contributed by atoms with E-state index in [2.05, 4.69) is 5.43 Å². The summed E-state index contributed by atoms with van der Waals surface area (Å²) in [5.74, 6) is 5.42. The van der Waals surface area contributed by atoms with Crippen LogP contribution in [0.2, 0.25) is 0 Å². The average molecular weight is 252 g/mol. The van der Waals surface area contributed by atoms with Crippen molar-refractivity contribution < 1.29 is 9.13 Å². The number of halogens is 1. The lowest BCUT2D eigenvalue weighted by atomic mass is 9.94. The number of nitrogens with one attached hydrogen (secondary N) is 1. The van der Waals surface area contributed by atoms with E-state index in [0.29, 0.717) is 0 Å². The minimum atomic E-state index is -0.207. The summed E-state index contributed by atoms with van der Waals surface area (Å²) in [5, 5.41) is 0. The third-order valence-electron chi connectivity index (χ3n) is 3.58. The first kappa shape index (κ1) is 13.5. The number of ether oxygens (including phenoxy) is 1. The highest BCUT2D eigenvalue weighted by molar-refractivity contribution is 5.29. The van der Waals surface area contributed by atoms with Gasteiger partial charge in [0.1, 0.15) is 5.82 Å². The fourth-order valence-electron chi connectivity index (χ4n) is 2.57. The van der Waals surface area contributed by atoms with Gasteiger partial charge in [0.05, 0.1) is 6.10 Å². The Hall–Kier alpha value is -0.970. The fourth-order valence-corrected chi connectivity index (χ4v) is 2.57. The fraction of sp³-hybridized carbons (Fsp3) is 0.571. The van der Waals surface area contributed by atoms with Crippen molar-refractivity contribution in [1.29, 1.82) is 0 Å². The highest BCUT2D eigenvalue weighted by atomic mass is 19.1. The maximum absolute atomic E-state index is 13.1. The van der Waals surface area contributed by atoms with E-state index in [-0.39, 0.29) is 18.0 Å². The molecule has 1 fully saturated rings. The zero-order valence-corrected chi connectivity index (χ0v) is 10.8. The summed E-state index contributed by atoms with van der Waals surface area (Å²) < 4.78 is 18.8. The Morgan fingerprint density at radius 3 is 2.94 bits per heavy atom. The second kappa shape index (κ2) is 6.27. The molecule has 0 aliphatic carbocycles. The Morgan fingerprint density at radius 2 is 2.33 bits per heavy atom. The molecule has 0 spiro atoms. The molecule has 18 heavy (non-hydrogen) atoms. The van der Waals surface area contributed by atoms with Crippen molar-refractivity contribution in [3.63, 3.8) is 0 Å². The smallest absolute Gasteiger partial charge is 0.123 e. The maximum Gasteiger partial charge on any atom is 0.123 e. The van der Waals surface area contributed by atoms with Gasteiger partial charge in [0.15, 0.2) is 0 Å². The van der Waals surface area contributed by atoms with Crippen molar-refractivity contribution in [1.82, 2.24) is 5.43 Å². The third-order valence-corrected chi connectivity index (χ3v) is 3.58. The summed E-state index contributed by atoms with van der Waals surface area (Å²) in [5.41, 5.74) is 4.80. The van der Waals surface area contributed by atoms with E-state index in [1.807, 2.05) is 6.92 Å². The van der Waals surface area contributed by atoms with Crippen LogP contribution in [0.1, 0.15) is 42.9 Å². The van der Waals surface area contributed by atoms with Gasteiger partial charge < -0.3 is 4.74 Å². The van der Waals surface area contributed by atoms with Crippen LogP contribution in [-0.2, 0) is 4.74 Å². The maximum atomic E-state index is 13.1. The summed E-state index contributed by atoms with van der Waals surface area (Å²) in [7, 11) is 0. The van der Waals surface area contributed by atoms with Crippen LogP contribution < -0.4 is 11.3 Å². The average Bonchev–Trinajstić information content (AvgIpc) is 2.38.